The van der Waals surface area contributed by atoms with Crippen LogP contribution in [0.1, 0.15) is 27.0 Å². The Morgan fingerprint density at radius 3 is 2.45 bits per heavy atom. The number of hydrogen-bond donors (Lipinski definition) is 0. The predicted octanol–water partition coefficient (Wildman–Crippen LogP) is 6.76. The SMILES string of the molecule is Cc1ccccc1CN1C(=O)S/C(=C\c2ccc(OC(=O)c3ccc(Cl)cc3Cl)cc2)C1=O. The van der Waals surface area contributed by atoms with Gasteiger partial charge in [0.2, 0.25) is 0 Å². The summed E-state index contributed by atoms with van der Waals surface area (Å²) in [7, 11) is 0. The first-order valence-electron chi connectivity index (χ1n) is 9.89. The number of hydrogen-bond acceptors (Lipinski definition) is 5. The maximum absolute atomic E-state index is 12.8. The topological polar surface area (TPSA) is 63.7 Å². The number of amides is 2. The van der Waals surface area contributed by atoms with Crippen molar-refractivity contribution in [2.45, 2.75) is 13.5 Å². The minimum absolute atomic E-state index is 0.200. The fraction of sp³-hybridized carbons (Fsp3) is 0.0800. The lowest BCUT2D eigenvalue weighted by Gasteiger charge is -2.14. The molecule has 1 fully saturated rings. The Kier molecular flexibility index (Phi) is 6.88. The molecule has 0 aliphatic carbocycles. The van der Waals surface area contributed by atoms with Crippen LogP contribution in [0.3, 0.4) is 0 Å². The van der Waals surface area contributed by atoms with Crippen LogP contribution in [0.4, 0.5) is 4.79 Å². The van der Waals surface area contributed by atoms with E-state index in [1.807, 2.05) is 31.2 Å². The van der Waals surface area contributed by atoms with Gasteiger partial charge in [0.1, 0.15) is 5.75 Å². The molecule has 0 unspecified atom stereocenters. The molecule has 0 spiro atoms. The summed E-state index contributed by atoms with van der Waals surface area (Å²) < 4.78 is 5.36. The van der Waals surface area contributed by atoms with Gasteiger partial charge in [-0.2, -0.15) is 0 Å². The van der Waals surface area contributed by atoms with Crippen LogP contribution >= 0.6 is 35.0 Å². The minimum Gasteiger partial charge on any atom is -0.423 e. The summed E-state index contributed by atoms with van der Waals surface area (Å²) in [5, 5.41) is 0.314. The van der Waals surface area contributed by atoms with Crippen molar-refractivity contribution in [3.05, 3.63) is 104 Å². The highest BCUT2D eigenvalue weighted by Crippen LogP contribution is 2.34. The Hall–Kier alpha value is -3.06. The number of ether oxygens (including phenoxy) is 1. The first-order chi connectivity index (χ1) is 15.8. The maximum Gasteiger partial charge on any atom is 0.345 e. The second kappa shape index (κ2) is 9.83. The van der Waals surface area contributed by atoms with Gasteiger partial charge in [-0.25, -0.2) is 4.79 Å². The lowest BCUT2D eigenvalue weighted by Crippen LogP contribution is -2.27. The van der Waals surface area contributed by atoms with Crippen molar-refractivity contribution in [2.75, 3.05) is 0 Å². The van der Waals surface area contributed by atoms with Gasteiger partial charge in [-0.1, -0.05) is 59.6 Å². The molecule has 0 N–H and O–H groups in total. The number of thioether (sulfide) groups is 1. The quantitative estimate of drug-likeness (QED) is 0.221. The lowest BCUT2D eigenvalue weighted by atomic mass is 10.1. The van der Waals surface area contributed by atoms with Gasteiger partial charge in [-0.05, 0) is 71.8 Å². The van der Waals surface area contributed by atoms with E-state index in [-0.39, 0.29) is 28.3 Å². The third-order valence-electron chi connectivity index (χ3n) is 5.00. The van der Waals surface area contributed by atoms with Gasteiger partial charge < -0.3 is 4.74 Å². The predicted molar refractivity (Wildman–Crippen MR) is 131 cm³/mol. The molecule has 33 heavy (non-hydrogen) atoms. The highest BCUT2D eigenvalue weighted by atomic mass is 35.5. The Morgan fingerprint density at radius 2 is 1.76 bits per heavy atom. The molecule has 5 nitrogen and oxygen atoms in total. The molecule has 3 aromatic carbocycles. The third-order valence-corrected chi connectivity index (χ3v) is 6.46. The molecule has 0 radical (unpaired) electrons. The van der Waals surface area contributed by atoms with Gasteiger partial charge in [-0.15, -0.1) is 0 Å². The molecule has 0 atom stereocenters. The van der Waals surface area contributed by atoms with E-state index < -0.39 is 5.97 Å². The summed E-state index contributed by atoms with van der Waals surface area (Å²) in [6, 6.07) is 18.8. The number of carbonyl (C=O) groups is 3. The van der Waals surface area contributed by atoms with Gasteiger partial charge in [0.15, 0.2) is 0 Å². The number of carbonyl (C=O) groups excluding carboxylic acids is 3. The molecule has 3 aromatic rings. The van der Waals surface area contributed by atoms with E-state index in [9.17, 15) is 14.4 Å². The van der Waals surface area contributed by atoms with Crippen molar-refractivity contribution >= 4 is 58.2 Å². The summed E-state index contributed by atoms with van der Waals surface area (Å²) in [6.07, 6.45) is 1.64. The molecule has 166 valence electrons. The van der Waals surface area contributed by atoms with E-state index in [1.54, 1.807) is 36.4 Å². The van der Waals surface area contributed by atoms with Crippen molar-refractivity contribution in [1.29, 1.82) is 0 Å². The van der Waals surface area contributed by atoms with Gasteiger partial charge >= 0.3 is 5.97 Å². The van der Waals surface area contributed by atoms with Crippen LogP contribution in [-0.2, 0) is 11.3 Å². The lowest BCUT2D eigenvalue weighted by molar-refractivity contribution is -0.123. The Labute approximate surface area is 204 Å². The second-order valence-electron chi connectivity index (χ2n) is 7.28. The summed E-state index contributed by atoms with van der Waals surface area (Å²) in [5.74, 6) is -0.626. The highest BCUT2D eigenvalue weighted by molar-refractivity contribution is 8.18. The molecule has 1 aliphatic heterocycles. The Balaban J connectivity index is 1.45. The average Bonchev–Trinajstić information content (AvgIpc) is 3.03. The molecule has 0 bridgehead atoms. The van der Waals surface area contributed by atoms with Gasteiger partial charge in [0.05, 0.1) is 22.0 Å². The van der Waals surface area contributed by atoms with Crippen molar-refractivity contribution in [3.63, 3.8) is 0 Å². The van der Waals surface area contributed by atoms with Crippen molar-refractivity contribution in [1.82, 2.24) is 4.90 Å². The summed E-state index contributed by atoms with van der Waals surface area (Å²) in [6.45, 7) is 2.18. The molecule has 0 saturated carbocycles. The van der Waals surface area contributed by atoms with E-state index in [1.165, 1.54) is 17.0 Å². The van der Waals surface area contributed by atoms with Gasteiger partial charge in [0.25, 0.3) is 11.1 Å². The number of benzene rings is 3. The third kappa shape index (κ3) is 5.30. The highest BCUT2D eigenvalue weighted by Gasteiger charge is 2.35. The van der Waals surface area contributed by atoms with Gasteiger partial charge in [-0.3, -0.25) is 14.5 Å². The number of esters is 1. The molecular weight excluding hydrogens is 481 g/mol. The van der Waals surface area contributed by atoms with Crippen LogP contribution < -0.4 is 4.74 Å². The normalized spacial score (nSPS) is 14.8. The monoisotopic (exact) mass is 497 g/mol. The largest absolute Gasteiger partial charge is 0.423 e. The first-order valence-corrected chi connectivity index (χ1v) is 11.5. The van der Waals surface area contributed by atoms with Crippen LogP contribution in [0.2, 0.25) is 10.0 Å². The van der Waals surface area contributed by atoms with E-state index in [0.29, 0.717) is 21.2 Å². The van der Waals surface area contributed by atoms with Crippen LogP contribution in [0.5, 0.6) is 5.75 Å². The fourth-order valence-corrected chi connectivity index (χ4v) is 4.52. The van der Waals surface area contributed by atoms with E-state index in [2.05, 4.69) is 0 Å². The molecule has 1 heterocycles. The molecule has 2 amide bonds. The zero-order chi connectivity index (χ0) is 23.5. The van der Waals surface area contributed by atoms with Crippen LogP contribution in [0.15, 0.2) is 71.6 Å². The smallest absolute Gasteiger partial charge is 0.345 e. The molecule has 8 heteroatoms. The van der Waals surface area contributed by atoms with Crippen molar-refractivity contribution < 1.29 is 19.1 Å². The Bertz CT molecular complexity index is 1290. The van der Waals surface area contributed by atoms with Gasteiger partial charge in [0, 0.05) is 5.02 Å². The minimum atomic E-state index is -0.609. The van der Waals surface area contributed by atoms with E-state index >= 15 is 0 Å². The van der Waals surface area contributed by atoms with E-state index in [0.717, 1.165) is 22.9 Å². The number of nitrogens with zero attached hydrogens (tertiary/aromatic N) is 1. The van der Waals surface area contributed by atoms with Crippen LogP contribution in [-0.4, -0.2) is 22.0 Å². The fourth-order valence-electron chi connectivity index (χ4n) is 3.19. The maximum atomic E-state index is 12.8. The summed E-state index contributed by atoms with van der Waals surface area (Å²) in [5.41, 5.74) is 2.84. The number of halogens is 2. The molecule has 1 aliphatic rings. The first kappa shape index (κ1) is 23.1. The zero-order valence-electron chi connectivity index (χ0n) is 17.4. The van der Waals surface area contributed by atoms with Crippen LogP contribution in [0.25, 0.3) is 6.08 Å². The van der Waals surface area contributed by atoms with Crippen LogP contribution in [0, 0.1) is 6.92 Å². The molecule has 1 saturated heterocycles. The summed E-state index contributed by atoms with van der Waals surface area (Å²) in [4.78, 5) is 39.1. The standard InChI is InChI=1S/C25H17Cl2NO4S/c1-15-4-2-3-5-17(15)14-28-23(29)22(33-25(28)31)12-16-6-9-19(10-7-16)32-24(30)20-11-8-18(26)13-21(20)27/h2-13H,14H2,1H3/b22-12-. The van der Waals surface area contributed by atoms with Crippen molar-refractivity contribution in [3.8, 4) is 5.75 Å². The number of rotatable bonds is 5. The van der Waals surface area contributed by atoms with Crippen molar-refractivity contribution in [2.24, 2.45) is 0 Å². The molecular formula is C25H17Cl2NO4S. The second-order valence-corrected chi connectivity index (χ2v) is 9.11. The average molecular weight is 498 g/mol. The summed E-state index contributed by atoms with van der Waals surface area (Å²) >= 11 is 12.8. The molecule has 0 aromatic heterocycles. The number of imide groups is 1. The number of aryl methyl sites for hydroxylation is 1. The Morgan fingerprint density at radius 1 is 1.03 bits per heavy atom. The molecule has 4 rings (SSSR count). The van der Waals surface area contributed by atoms with E-state index in [4.69, 9.17) is 27.9 Å². The zero-order valence-corrected chi connectivity index (χ0v) is 19.7.